The molecule has 2 aromatic rings. The van der Waals surface area contributed by atoms with Gasteiger partial charge in [0.15, 0.2) is 0 Å². The Morgan fingerprint density at radius 1 is 1.36 bits per heavy atom. The average molecular weight is 297 g/mol. The van der Waals surface area contributed by atoms with Crippen LogP contribution in [-0.2, 0) is 11.3 Å². The van der Waals surface area contributed by atoms with Gasteiger partial charge in [0.25, 0.3) is 0 Å². The van der Waals surface area contributed by atoms with E-state index in [1.54, 1.807) is 0 Å². The van der Waals surface area contributed by atoms with Crippen molar-refractivity contribution in [3.05, 3.63) is 53.9 Å². The average Bonchev–Trinajstić information content (AvgIpc) is 2.97. The van der Waals surface area contributed by atoms with Crippen molar-refractivity contribution in [2.75, 3.05) is 0 Å². The molecule has 1 amide bonds. The van der Waals surface area contributed by atoms with Gasteiger partial charge in [0.1, 0.15) is 0 Å². The SMILES string of the molecule is Cc1ccccc1C(C)C(=O)NC1CC(Cn2cccn2)C1. The molecule has 0 bridgehead atoms. The van der Waals surface area contributed by atoms with E-state index >= 15 is 0 Å². The van der Waals surface area contributed by atoms with E-state index in [1.807, 2.05) is 48.3 Å². The summed E-state index contributed by atoms with van der Waals surface area (Å²) in [7, 11) is 0. The Morgan fingerprint density at radius 2 is 2.14 bits per heavy atom. The first-order chi connectivity index (χ1) is 10.6. The summed E-state index contributed by atoms with van der Waals surface area (Å²) in [5.74, 6) is 0.669. The van der Waals surface area contributed by atoms with Gasteiger partial charge in [-0.15, -0.1) is 0 Å². The normalized spacial score (nSPS) is 21.9. The fourth-order valence-corrected chi connectivity index (χ4v) is 3.22. The molecule has 0 spiro atoms. The van der Waals surface area contributed by atoms with E-state index in [0.717, 1.165) is 24.9 Å². The first-order valence-electron chi connectivity index (χ1n) is 7.97. The lowest BCUT2D eigenvalue weighted by atomic mass is 9.80. The predicted molar refractivity (Wildman–Crippen MR) is 86.5 cm³/mol. The fourth-order valence-electron chi connectivity index (χ4n) is 3.22. The molecule has 0 radical (unpaired) electrons. The lowest BCUT2D eigenvalue weighted by Crippen LogP contribution is -2.46. The summed E-state index contributed by atoms with van der Waals surface area (Å²) >= 11 is 0. The van der Waals surface area contributed by atoms with E-state index < -0.39 is 0 Å². The van der Waals surface area contributed by atoms with Crippen LogP contribution in [0.15, 0.2) is 42.7 Å². The number of rotatable bonds is 5. The second-order valence-electron chi connectivity index (χ2n) is 6.35. The second kappa shape index (κ2) is 6.34. The smallest absolute Gasteiger partial charge is 0.227 e. The van der Waals surface area contributed by atoms with Gasteiger partial charge in [0.05, 0.1) is 5.92 Å². The van der Waals surface area contributed by atoms with Gasteiger partial charge in [-0.3, -0.25) is 9.48 Å². The van der Waals surface area contributed by atoms with Gasteiger partial charge in [-0.1, -0.05) is 24.3 Å². The molecule has 1 heterocycles. The minimum Gasteiger partial charge on any atom is -0.353 e. The topological polar surface area (TPSA) is 46.9 Å². The highest BCUT2D eigenvalue weighted by molar-refractivity contribution is 5.83. The minimum atomic E-state index is -0.0913. The van der Waals surface area contributed by atoms with Crippen molar-refractivity contribution >= 4 is 5.91 Å². The zero-order valence-corrected chi connectivity index (χ0v) is 13.2. The van der Waals surface area contributed by atoms with Gasteiger partial charge in [0, 0.05) is 25.0 Å². The molecule has 1 aromatic carbocycles. The highest BCUT2D eigenvalue weighted by atomic mass is 16.1. The molecule has 0 saturated heterocycles. The van der Waals surface area contributed by atoms with Gasteiger partial charge in [0.2, 0.25) is 5.91 Å². The van der Waals surface area contributed by atoms with Gasteiger partial charge < -0.3 is 5.32 Å². The Hall–Kier alpha value is -2.10. The Kier molecular flexibility index (Phi) is 4.27. The largest absolute Gasteiger partial charge is 0.353 e. The van der Waals surface area contributed by atoms with E-state index in [1.165, 1.54) is 5.56 Å². The van der Waals surface area contributed by atoms with Crippen molar-refractivity contribution in [2.24, 2.45) is 5.92 Å². The molecule has 3 rings (SSSR count). The lowest BCUT2D eigenvalue weighted by Gasteiger charge is -2.36. The van der Waals surface area contributed by atoms with Crippen LogP contribution in [0.25, 0.3) is 0 Å². The summed E-state index contributed by atoms with van der Waals surface area (Å²) in [5, 5.41) is 7.41. The summed E-state index contributed by atoms with van der Waals surface area (Å²) in [4.78, 5) is 12.4. The molecule has 116 valence electrons. The Labute approximate surface area is 131 Å². The first kappa shape index (κ1) is 14.8. The van der Waals surface area contributed by atoms with Crippen molar-refractivity contribution in [1.82, 2.24) is 15.1 Å². The molecule has 1 aliphatic carbocycles. The Bertz CT molecular complexity index is 630. The molecule has 0 aliphatic heterocycles. The van der Waals surface area contributed by atoms with Crippen LogP contribution in [0.4, 0.5) is 0 Å². The summed E-state index contributed by atoms with van der Waals surface area (Å²) in [6.07, 6.45) is 5.89. The highest BCUT2D eigenvalue weighted by Crippen LogP contribution is 2.29. The van der Waals surface area contributed by atoms with Crippen LogP contribution in [0.5, 0.6) is 0 Å². The number of aromatic nitrogens is 2. The van der Waals surface area contributed by atoms with E-state index in [9.17, 15) is 4.79 Å². The second-order valence-corrected chi connectivity index (χ2v) is 6.35. The highest BCUT2D eigenvalue weighted by Gasteiger charge is 2.31. The number of carbonyl (C=O) groups is 1. The van der Waals surface area contributed by atoms with E-state index in [4.69, 9.17) is 0 Å². The number of aryl methyl sites for hydroxylation is 1. The minimum absolute atomic E-state index is 0.0913. The van der Waals surface area contributed by atoms with Gasteiger partial charge in [-0.2, -0.15) is 5.10 Å². The summed E-state index contributed by atoms with van der Waals surface area (Å²) in [5.41, 5.74) is 2.29. The van der Waals surface area contributed by atoms with Crippen LogP contribution in [0.2, 0.25) is 0 Å². The third-order valence-electron chi connectivity index (χ3n) is 4.63. The Balaban J connectivity index is 1.48. The van der Waals surface area contributed by atoms with Crippen LogP contribution in [0, 0.1) is 12.8 Å². The predicted octanol–water partition coefficient (Wildman–Crippen LogP) is 2.89. The summed E-state index contributed by atoms with van der Waals surface area (Å²) in [6, 6.07) is 10.4. The summed E-state index contributed by atoms with van der Waals surface area (Å²) in [6.45, 7) is 4.99. The molecule has 4 heteroatoms. The van der Waals surface area contributed by atoms with E-state index in [-0.39, 0.29) is 11.8 Å². The van der Waals surface area contributed by atoms with E-state index in [2.05, 4.69) is 23.4 Å². The van der Waals surface area contributed by atoms with Crippen molar-refractivity contribution < 1.29 is 4.79 Å². The summed E-state index contributed by atoms with van der Waals surface area (Å²) < 4.78 is 1.97. The maximum atomic E-state index is 12.4. The molecular formula is C18H23N3O. The molecule has 22 heavy (non-hydrogen) atoms. The number of hydrogen-bond donors (Lipinski definition) is 1. The van der Waals surface area contributed by atoms with Crippen molar-refractivity contribution in [3.8, 4) is 0 Å². The molecule has 4 nitrogen and oxygen atoms in total. The third-order valence-corrected chi connectivity index (χ3v) is 4.63. The fraction of sp³-hybridized carbons (Fsp3) is 0.444. The standard InChI is InChI=1S/C18H23N3O/c1-13-6-3-4-7-17(13)14(2)18(22)20-16-10-15(11-16)12-21-9-5-8-19-21/h3-9,14-16H,10-12H2,1-2H3,(H,20,22). The van der Waals surface area contributed by atoms with Crippen molar-refractivity contribution in [2.45, 2.75) is 45.2 Å². The number of benzene rings is 1. The van der Waals surface area contributed by atoms with Gasteiger partial charge in [-0.25, -0.2) is 0 Å². The lowest BCUT2D eigenvalue weighted by molar-refractivity contribution is -0.123. The maximum Gasteiger partial charge on any atom is 0.227 e. The zero-order valence-electron chi connectivity index (χ0n) is 13.2. The molecule has 1 aromatic heterocycles. The number of hydrogen-bond acceptors (Lipinski definition) is 2. The molecule has 1 N–H and O–H groups in total. The quantitative estimate of drug-likeness (QED) is 0.922. The molecule has 1 aliphatic rings. The number of nitrogens with one attached hydrogen (secondary N) is 1. The zero-order chi connectivity index (χ0) is 15.5. The number of carbonyl (C=O) groups excluding carboxylic acids is 1. The van der Waals surface area contributed by atoms with Crippen molar-refractivity contribution in [3.63, 3.8) is 0 Å². The number of nitrogens with zero attached hydrogens (tertiary/aromatic N) is 2. The Morgan fingerprint density at radius 3 is 2.82 bits per heavy atom. The molecule has 1 saturated carbocycles. The van der Waals surface area contributed by atoms with Crippen LogP contribution >= 0.6 is 0 Å². The van der Waals surface area contributed by atoms with Crippen LogP contribution in [0.3, 0.4) is 0 Å². The van der Waals surface area contributed by atoms with Crippen LogP contribution < -0.4 is 5.32 Å². The monoisotopic (exact) mass is 297 g/mol. The van der Waals surface area contributed by atoms with Crippen molar-refractivity contribution in [1.29, 1.82) is 0 Å². The number of amides is 1. The maximum absolute atomic E-state index is 12.4. The third kappa shape index (κ3) is 3.21. The van der Waals surface area contributed by atoms with Gasteiger partial charge in [-0.05, 0) is 49.8 Å². The molecule has 1 fully saturated rings. The molecular weight excluding hydrogens is 274 g/mol. The first-order valence-corrected chi connectivity index (χ1v) is 7.97. The van der Waals surface area contributed by atoms with Gasteiger partial charge >= 0.3 is 0 Å². The molecule has 1 unspecified atom stereocenters. The van der Waals surface area contributed by atoms with E-state index in [0.29, 0.717) is 12.0 Å². The van der Waals surface area contributed by atoms with Crippen LogP contribution in [-0.4, -0.2) is 21.7 Å². The van der Waals surface area contributed by atoms with Crippen LogP contribution in [0.1, 0.15) is 36.8 Å². The molecule has 1 atom stereocenters.